The molecule has 3 aromatic carbocycles. The van der Waals surface area contributed by atoms with Gasteiger partial charge < -0.3 is 14.9 Å². The van der Waals surface area contributed by atoms with Gasteiger partial charge in [0.2, 0.25) is 5.82 Å². The predicted octanol–water partition coefficient (Wildman–Crippen LogP) is 7.40. The van der Waals surface area contributed by atoms with Crippen molar-refractivity contribution in [2.24, 2.45) is 5.92 Å². The minimum Gasteiger partial charge on any atom is -0.481 e. The zero-order chi connectivity index (χ0) is 28.2. The quantitative estimate of drug-likeness (QED) is 0.229. The summed E-state index contributed by atoms with van der Waals surface area (Å²) in [7, 11) is 0. The third-order valence-corrected chi connectivity index (χ3v) is 7.90. The number of carbonyl (C=O) groups is 1. The first-order valence-electron chi connectivity index (χ1n) is 13.0. The molecule has 1 fully saturated rings. The monoisotopic (exact) mass is 587 g/mol. The van der Waals surface area contributed by atoms with E-state index in [0.717, 1.165) is 24.5 Å². The summed E-state index contributed by atoms with van der Waals surface area (Å²) in [4.78, 5) is 15.6. The van der Waals surface area contributed by atoms with Gasteiger partial charge in [0.15, 0.2) is 0 Å². The lowest BCUT2D eigenvalue weighted by Crippen LogP contribution is -2.45. The van der Waals surface area contributed by atoms with Crippen molar-refractivity contribution >= 4 is 18.4 Å². The number of aromatic nitrogens is 2. The summed E-state index contributed by atoms with van der Waals surface area (Å²) >= 11 is 0. The van der Waals surface area contributed by atoms with Gasteiger partial charge in [0.25, 0.3) is 5.89 Å². The van der Waals surface area contributed by atoms with Crippen LogP contribution in [0.4, 0.5) is 17.6 Å². The van der Waals surface area contributed by atoms with Crippen molar-refractivity contribution in [3.63, 3.8) is 0 Å². The number of carboxylic acids is 1. The molecule has 1 heterocycles. The molecule has 0 aliphatic heterocycles. The van der Waals surface area contributed by atoms with Crippen LogP contribution >= 0.6 is 12.4 Å². The highest BCUT2D eigenvalue weighted by Gasteiger charge is 2.37. The maximum absolute atomic E-state index is 14.7. The Labute approximate surface area is 239 Å². The van der Waals surface area contributed by atoms with Crippen LogP contribution in [-0.4, -0.2) is 27.3 Å². The molecule has 1 unspecified atom stereocenters. The Bertz CT molecular complexity index is 1620. The minimum absolute atomic E-state index is 0. The second kappa shape index (κ2) is 10.9. The van der Waals surface area contributed by atoms with E-state index in [-0.39, 0.29) is 41.9 Å². The highest BCUT2D eigenvalue weighted by molar-refractivity contribution is 5.85. The number of fused-ring (bicyclic) bond motifs is 1. The van der Waals surface area contributed by atoms with Crippen molar-refractivity contribution in [1.82, 2.24) is 15.5 Å². The number of rotatable bonds is 6. The fourth-order valence-electron chi connectivity index (χ4n) is 5.69. The lowest BCUT2D eigenvalue weighted by atomic mass is 9.80. The zero-order valence-electron chi connectivity index (χ0n) is 21.8. The van der Waals surface area contributed by atoms with Crippen LogP contribution in [0.15, 0.2) is 59.1 Å². The van der Waals surface area contributed by atoms with E-state index in [1.807, 2.05) is 18.2 Å². The smallest absolute Gasteiger partial charge is 0.419 e. The van der Waals surface area contributed by atoms with E-state index >= 15 is 0 Å². The number of hydrogen-bond acceptors (Lipinski definition) is 5. The molecular formula is C30H26ClF4N3O3. The largest absolute Gasteiger partial charge is 0.481 e. The Kier molecular flexibility index (Phi) is 7.65. The molecule has 214 valence electrons. The number of benzene rings is 3. The Morgan fingerprint density at radius 1 is 1.05 bits per heavy atom. The molecule has 1 atom stereocenters. The molecule has 0 saturated heterocycles. The second-order valence-corrected chi connectivity index (χ2v) is 10.5. The van der Waals surface area contributed by atoms with Crippen LogP contribution in [0.3, 0.4) is 0 Å². The highest BCUT2D eigenvalue weighted by Crippen LogP contribution is 2.39. The number of aliphatic carboxylic acids is 1. The number of aryl methyl sites for hydroxylation is 2. The fourth-order valence-corrected chi connectivity index (χ4v) is 5.69. The topological polar surface area (TPSA) is 88.2 Å². The van der Waals surface area contributed by atoms with Crippen LogP contribution in [0, 0.1) is 18.7 Å². The van der Waals surface area contributed by atoms with Gasteiger partial charge in [-0.15, -0.1) is 12.4 Å². The van der Waals surface area contributed by atoms with Crippen LogP contribution in [0.25, 0.3) is 34.0 Å². The summed E-state index contributed by atoms with van der Waals surface area (Å²) in [6, 6.07) is 14.5. The first kappa shape index (κ1) is 28.8. The van der Waals surface area contributed by atoms with Gasteiger partial charge in [-0.05, 0) is 79.1 Å². The van der Waals surface area contributed by atoms with Gasteiger partial charge in [0.1, 0.15) is 5.82 Å². The number of nitrogens with one attached hydrogen (secondary N) is 1. The first-order valence-corrected chi connectivity index (χ1v) is 13.0. The highest BCUT2D eigenvalue weighted by atomic mass is 35.5. The lowest BCUT2D eigenvalue weighted by molar-refractivity contribution is -0.145. The van der Waals surface area contributed by atoms with Crippen molar-refractivity contribution in [3.05, 3.63) is 82.7 Å². The molecule has 6 rings (SSSR count). The molecule has 0 bridgehead atoms. The lowest BCUT2D eigenvalue weighted by Gasteiger charge is -2.35. The zero-order valence-corrected chi connectivity index (χ0v) is 22.7. The van der Waals surface area contributed by atoms with Gasteiger partial charge in [-0.1, -0.05) is 35.5 Å². The van der Waals surface area contributed by atoms with Gasteiger partial charge in [0.05, 0.1) is 11.5 Å². The van der Waals surface area contributed by atoms with E-state index in [1.165, 1.54) is 23.3 Å². The molecule has 6 nitrogen and oxygen atoms in total. The third-order valence-electron chi connectivity index (χ3n) is 7.90. The first-order chi connectivity index (χ1) is 19.1. The van der Waals surface area contributed by atoms with Gasteiger partial charge in [0, 0.05) is 28.8 Å². The summed E-state index contributed by atoms with van der Waals surface area (Å²) in [6.07, 6.45) is -1.66. The van der Waals surface area contributed by atoms with Crippen LogP contribution in [0.5, 0.6) is 0 Å². The van der Waals surface area contributed by atoms with E-state index in [9.17, 15) is 22.4 Å². The van der Waals surface area contributed by atoms with Crippen molar-refractivity contribution in [2.45, 2.75) is 50.9 Å². The molecule has 1 aromatic heterocycles. The van der Waals surface area contributed by atoms with Crippen LogP contribution < -0.4 is 5.32 Å². The molecule has 4 aromatic rings. The van der Waals surface area contributed by atoms with E-state index in [1.54, 1.807) is 25.1 Å². The predicted molar refractivity (Wildman–Crippen MR) is 146 cm³/mol. The molecule has 0 spiro atoms. The van der Waals surface area contributed by atoms with Crippen molar-refractivity contribution < 1.29 is 32.0 Å². The molecule has 2 N–H and O–H groups in total. The van der Waals surface area contributed by atoms with Crippen molar-refractivity contribution in [1.29, 1.82) is 0 Å². The van der Waals surface area contributed by atoms with Gasteiger partial charge >= 0.3 is 12.1 Å². The Morgan fingerprint density at radius 2 is 1.80 bits per heavy atom. The fraction of sp³-hybridized carbons (Fsp3) is 0.300. The molecule has 11 heteroatoms. The normalized spacial score (nSPS) is 19.8. The molecule has 0 amide bonds. The number of alkyl halides is 3. The Balaban J connectivity index is 0.00000337. The minimum atomic E-state index is -4.79. The summed E-state index contributed by atoms with van der Waals surface area (Å²) in [5.41, 5.74) is 3.21. The average Bonchev–Trinajstić information content (AvgIpc) is 3.53. The van der Waals surface area contributed by atoms with Crippen molar-refractivity contribution in [2.75, 3.05) is 0 Å². The SMILES string of the molecule is Cc1cc(-c2nc(-c3ccc4c(c3)CCC4NC3CC(C(=O)O)C3)no2)ccc1-c1cccc(C(F)(F)F)c1F.Cl. The van der Waals surface area contributed by atoms with Gasteiger partial charge in [-0.3, -0.25) is 4.79 Å². The number of halogens is 5. The Hall–Kier alpha value is -3.76. The molecule has 2 aliphatic carbocycles. The Morgan fingerprint density at radius 3 is 2.51 bits per heavy atom. The summed E-state index contributed by atoms with van der Waals surface area (Å²) in [5.74, 6) is -1.65. The van der Waals surface area contributed by atoms with Crippen molar-refractivity contribution in [3.8, 4) is 34.0 Å². The summed E-state index contributed by atoms with van der Waals surface area (Å²) < 4.78 is 59.7. The number of hydrogen-bond donors (Lipinski definition) is 2. The summed E-state index contributed by atoms with van der Waals surface area (Å²) in [5, 5.41) is 16.8. The van der Waals surface area contributed by atoms with Crippen LogP contribution in [0.2, 0.25) is 0 Å². The molecule has 2 aliphatic rings. The standard InChI is InChI=1S/C30H25F4N3O3.ClH/c1-15-11-18(6-8-21(15)23-3-2-4-24(26(23)31)30(32,33)34)28-36-27(37-40-28)17-5-9-22-16(12-17)7-10-25(22)35-20-13-19(14-20)29(38)39;/h2-6,8-9,11-12,19-20,25,35H,7,10,13-14H2,1H3,(H,38,39);1H. The van der Waals surface area contributed by atoms with Crippen LogP contribution in [0.1, 0.15) is 47.6 Å². The maximum atomic E-state index is 14.7. The van der Waals surface area contributed by atoms with Gasteiger partial charge in [-0.2, -0.15) is 18.2 Å². The van der Waals surface area contributed by atoms with E-state index in [0.29, 0.717) is 35.4 Å². The van der Waals surface area contributed by atoms with Crippen LogP contribution in [-0.2, 0) is 17.4 Å². The molecule has 0 radical (unpaired) electrons. The van der Waals surface area contributed by atoms with E-state index in [4.69, 9.17) is 9.63 Å². The third kappa shape index (κ3) is 5.46. The maximum Gasteiger partial charge on any atom is 0.419 e. The number of nitrogens with zero attached hydrogens (tertiary/aromatic N) is 2. The molecular weight excluding hydrogens is 562 g/mol. The molecule has 41 heavy (non-hydrogen) atoms. The second-order valence-electron chi connectivity index (χ2n) is 10.5. The van der Waals surface area contributed by atoms with E-state index < -0.39 is 23.5 Å². The molecule has 1 saturated carbocycles. The average molecular weight is 588 g/mol. The van der Waals surface area contributed by atoms with Gasteiger partial charge in [-0.25, -0.2) is 4.39 Å². The number of carboxylic acid groups (broad SMARTS) is 1. The van der Waals surface area contributed by atoms with E-state index in [2.05, 4.69) is 15.5 Å². The summed E-state index contributed by atoms with van der Waals surface area (Å²) in [6.45, 7) is 1.69.